The molecule has 1 aliphatic rings. The first-order valence-corrected chi connectivity index (χ1v) is 10.5. The Kier molecular flexibility index (Phi) is 5.86. The summed E-state index contributed by atoms with van der Waals surface area (Å²) in [6, 6.07) is 17.2. The lowest BCUT2D eigenvalue weighted by atomic mass is 9.93. The Hall–Kier alpha value is -3.80. The van der Waals surface area contributed by atoms with Gasteiger partial charge in [0.15, 0.2) is 0 Å². The number of ketones is 1. The third-order valence-corrected chi connectivity index (χ3v) is 5.73. The topological polar surface area (TPSA) is 80.0 Å². The second-order valence-corrected chi connectivity index (χ2v) is 8.06. The molecule has 1 fully saturated rings. The number of amides is 1. The highest BCUT2D eigenvalue weighted by Gasteiger charge is 2.46. The zero-order chi connectivity index (χ0) is 22.8. The lowest BCUT2D eigenvalue weighted by Crippen LogP contribution is -2.29. The molecule has 1 atom stereocenters. The average Bonchev–Trinajstić information content (AvgIpc) is 3.41. The van der Waals surface area contributed by atoms with Gasteiger partial charge in [0.05, 0.1) is 31.5 Å². The number of Topliss-reactive ketones (excluding diaryl/α,β-unsaturated/α-hetero) is 1. The van der Waals surface area contributed by atoms with E-state index in [1.807, 2.05) is 24.3 Å². The minimum absolute atomic E-state index is 0.0593. The molecule has 1 amide bonds. The number of benzene rings is 2. The summed E-state index contributed by atoms with van der Waals surface area (Å²) in [4.78, 5) is 27.5. The summed E-state index contributed by atoms with van der Waals surface area (Å²) in [6.07, 6.45) is 1.52. The molecule has 0 bridgehead atoms. The van der Waals surface area contributed by atoms with Gasteiger partial charge in [-0.15, -0.1) is 0 Å². The van der Waals surface area contributed by atoms with E-state index in [-0.39, 0.29) is 17.9 Å². The molecule has 2 aromatic carbocycles. The van der Waals surface area contributed by atoms with Gasteiger partial charge in [0.1, 0.15) is 17.3 Å². The third-order valence-electron chi connectivity index (χ3n) is 5.73. The molecule has 164 valence electrons. The standard InChI is InChI=1S/C26H25NO5/c1-16(2)17-6-8-18(9-7-17)23-22(24(28)19-10-12-20(31-3)13-11-19)25(29)26(30)27(23)15-21-5-4-14-32-21/h4-14,16,23,28H,15H2,1-3H3/b24-22-. The third kappa shape index (κ3) is 3.91. The summed E-state index contributed by atoms with van der Waals surface area (Å²) in [5.41, 5.74) is 2.39. The number of furan rings is 1. The number of methoxy groups -OCH3 is 1. The Bertz CT molecular complexity index is 1140. The molecular formula is C26H25NO5. The molecule has 1 aromatic heterocycles. The highest BCUT2D eigenvalue weighted by atomic mass is 16.5. The maximum Gasteiger partial charge on any atom is 0.296 e. The van der Waals surface area contributed by atoms with Crippen molar-refractivity contribution in [2.75, 3.05) is 7.11 Å². The van der Waals surface area contributed by atoms with E-state index in [9.17, 15) is 14.7 Å². The number of nitrogens with zero attached hydrogens (tertiary/aromatic N) is 1. The van der Waals surface area contributed by atoms with E-state index in [0.29, 0.717) is 23.0 Å². The zero-order valence-corrected chi connectivity index (χ0v) is 18.2. The van der Waals surface area contributed by atoms with Crippen molar-refractivity contribution >= 4 is 17.4 Å². The van der Waals surface area contributed by atoms with Crippen molar-refractivity contribution in [2.45, 2.75) is 32.4 Å². The molecule has 0 aliphatic carbocycles. The first-order valence-electron chi connectivity index (χ1n) is 10.5. The molecule has 1 N–H and O–H groups in total. The SMILES string of the molecule is COc1ccc(/C(O)=C2/C(=O)C(=O)N(Cc3ccco3)C2c2ccc(C(C)C)cc2)cc1. The van der Waals surface area contributed by atoms with Crippen LogP contribution in [0.2, 0.25) is 0 Å². The van der Waals surface area contributed by atoms with Gasteiger partial charge < -0.3 is 19.2 Å². The summed E-state index contributed by atoms with van der Waals surface area (Å²) < 4.78 is 10.6. The summed E-state index contributed by atoms with van der Waals surface area (Å²) >= 11 is 0. The number of carbonyl (C=O) groups is 2. The minimum atomic E-state index is -0.733. The number of likely N-dealkylation sites (tertiary alicyclic amines) is 1. The number of aliphatic hydroxyl groups is 1. The molecule has 4 rings (SSSR count). The van der Waals surface area contributed by atoms with Crippen LogP contribution in [0.5, 0.6) is 5.75 Å². The fourth-order valence-electron chi connectivity index (χ4n) is 3.93. The summed E-state index contributed by atoms with van der Waals surface area (Å²) in [5, 5.41) is 11.1. The van der Waals surface area contributed by atoms with Gasteiger partial charge in [-0.05, 0) is 53.4 Å². The van der Waals surface area contributed by atoms with Gasteiger partial charge >= 0.3 is 0 Å². The number of hydrogen-bond donors (Lipinski definition) is 1. The molecule has 6 heteroatoms. The summed E-state index contributed by atoms with van der Waals surface area (Å²) in [7, 11) is 1.55. The molecule has 6 nitrogen and oxygen atoms in total. The van der Waals surface area contributed by atoms with Crippen molar-refractivity contribution in [3.05, 3.63) is 95.0 Å². The van der Waals surface area contributed by atoms with E-state index in [2.05, 4.69) is 13.8 Å². The van der Waals surface area contributed by atoms with Crippen LogP contribution in [0, 0.1) is 0 Å². The summed E-state index contributed by atoms with van der Waals surface area (Å²) in [6.45, 7) is 4.32. The largest absolute Gasteiger partial charge is 0.507 e. The second kappa shape index (κ2) is 8.75. The monoisotopic (exact) mass is 431 g/mol. The lowest BCUT2D eigenvalue weighted by molar-refractivity contribution is -0.140. The van der Waals surface area contributed by atoms with Crippen LogP contribution < -0.4 is 4.74 Å². The van der Waals surface area contributed by atoms with Gasteiger partial charge in [0.2, 0.25) is 0 Å². The maximum atomic E-state index is 13.1. The Labute approximate surface area is 186 Å². The van der Waals surface area contributed by atoms with Gasteiger partial charge in [0.25, 0.3) is 11.7 Å². The van der Waals surface area contributed by atoms with Crippen LogP contribution in [0.15, 0.2) is 76.9 Å². The first-order chi connectivity index (χ1) is 15.4. The lowest BCUT2D eigenvalue weighted by Gasteiger charge is -2.25. The molecule has 2 heterocycles. The molecule has 3 aromatic rings. The normalized spacial score (nSPS) is 17.9. The molecule has 0 radical (unpaired) electrons. The Morgan fingerprint density at radius 1 is 1.06 bits per heavy atom. The van der Waals surface area contributed by atoms with E-state index < -0.39 is 17.7 Å². The number of aliphatic hydroxyl groups excluding tert-OH is 1. The predicted octanol–water partition coefficient (Wildman–Crippen LogP) is 5.03. The number of hydrogen-bond acceptors (Lipinski definition) is 5. The van der Waals surface area contributed by atoms with Crippen molar-refractivity contribution in [1.82, 2.24) is 4.90 Å². The van der Waals surface area contributed by atoms with Gasteiger partial charge in [-0.3, -0.25) is 9.59 Å². The molecule has 32 heavy (non-hydrogen) atoms. The fourth-order valence-corrected chi connectivity index (χ4v) is 3.93. The highest BCUT2D eigenvalue weighted by molar-refractivity contribution is 6.46. The van der Waals surface area contributed by atoms with Gasteiger partial charge in [-0.1, -0.05) is 38.1 Å². The van der Waals surface area contributed by atoms with Crippen LogP contribution in [0.4, 0.5) is 0 Å². The highest BCUT2D eigenvalue weighted by Crippen LogP contribution is 2.40. The maximum absolute atomic E-state index is 13.1. The molecule has 0 spiro atoms. The van der Waals surface area contributed by atoms with E-state index in [0.717, 1.165) is 11.1 Å². The Morgan fingerprint density at radius 3 is 2.31 bits per heavy atom. The van der Waals surface area contributed by atoms with E-state index in [1.165, 1.54) is 11.2 Å². The number of ether oxygens (including phenoxy) is 1. The van der Waals surface area contributed by atoms with Crippen molar-refractivity contribution in [1.29, 1.82) is 0 Å². The fraction of sp³-hybridized carbons (Fsp3) is 0.231. The number of carbonyl (C=O) groups excluding carboxylic acids is 2. The second-order valence-electron chi connectivity index (χ2n) is 8.06. The van der Waals surface area contributed by atoms with Crippen molar-refractivity contribution < 1.29 is 23.8 Å². The van der Waals surface area contributed by atoms with Crippen LogP contribution in [0.1, 0.15) is 48.3 Å². The molecule has 0 saturated carbocycles. The average molecular weight is 431 g/mol. The van der Waals surface area contributed by atoms with Gasteiger partial charge in [0, 0.05) is 5.56 Å². The summed E-state index contributed by atoms with van der Waals surface area (Å²) in [5.74, 6) is -0.0818. The van der Waals surface area contributed by atoms with Crippen LogP contribution in [0.3, 0.4) is 0 Å². The van der Waals surface area contributed by atoms with E-state index in [4.69, 9.17) is 9.15 Å². The predicted molar refractivity (Wildman–Crippen MR) is 120 cm³/mol. The first kappa shape index (κ1) is 21.4. The zero-order valence-electron chi connectivity index (χ0n) is 18.2. The smallest absolute Gasteiger partial charge is 0.296 e. The molecule has 1 aliphatic heterocycles. The Morgan fingerprint density at radius 2 is 1.75 bits per heavy atom. The molecule has 1 saturated heterocycles. The quantitative estimate of drug-likeness (QED) is 0.336. The van der Waals surface area contributed by atoms with Gasteiger partial charge in [-0.25, -0.2) is 0 Å². The van der Waals surface area contributed by atoms with Crippen LogP contribution in [0.25, 0.3) is 5.76 Å². The van der Waals surface area contributed by atoms with Crippen LogP contribution in [-0.2, 0) is 16.1 Å². The van der Waals surface area contributed by atoms with Crippen molar-refractivity contribution in [2.24, 2.45) is 0 Å². The molecular weight excluding hydrogens is 406 g/mol. The molecule has 1 unspecified atom stereocenters. The minimum Gasteiger partial charge on any atom is -0.507 e. The Balaban J connectivity index is 1.83. The van der Waals surface area contributed by atoms with E-state index in [1.54, 1.807) is 43.5 Å². The van der Waals surface area contributed by atoms with Crippen molar-refractivity contribution in [3.63, 3.8) is 0 Å². The number of rotatable bonds is 6. The van der Waals surface area contributed by atoms with Crippen LogP contribution >= 0.6 is 0 Å². The van der Waals surface area contributed by atoms with Crippen molar-refractivity contribution in [3.8, 4) is 5.75 Å². The van der Waals surface area contributed by atoms with E-state index >= 15 is 0 Å². The van der Waals surface area contributed by atoms with Gasteiger partial charge in [-0.2, -0.15) is 0 Å². The van der Waals surface area contributed by atoms with Crippen LogP contribution in [-0.4, -0.2) is 28.8 Å².